The fourth-order valence-electron chi connectivity index (χ4n) is 1.98. The second kappa shape index (κ2) is 5.40. The summed E-state index contributed by atoms with van der Waals surface area (Å²) >= 11 is 1.38. The predicted octanol–water partition coefficient (Wildman–Crippen LogP) is 2.74. The summed E-state index contributed by atoms with van der Waals surface area (Å²) in [7, 11) is 0. The average Bonchev–Trinajstić information content (AvgIpc) is 3.11. The van der Waals surface area contributed by atoms with Crippen LogP contribution in [0.5, 0.6) is 0 Å². The molecule has 0 unspecified atom stereocenters. The standard InChI is InChI=1S/C13H19N3O3S/c1-4-16(13(2,3)10(17)18)12(19)15-11-14-9(7-20-11)8-5-6-8/h7-8H,4-6H2,1-3H3,(H,17,18)(H,14,15,19). The number of likely N-dealkylation sites (N-methyl/N-ethyl adjacent to an activating group) is 1. The van der Waals surface area contributed by atoms with Crippen LogP contribution in [0, 0.1) is 0 Å². The summed E-state index contributed by atoms with van der Waals surface area (Å²) in [6.45, 7) is 5.08. The van der Waals surface area contributed by atoms with Gasteiger partial charge in [-0.3, -0.25) is 5.32 Å². The molecule has 2 amide bonds. The fraction of sp³-hybridized carbons (Fsp3) is 0.615. The maximum Gasteiger partial charge on any atom is 0.329 e. The third-order valence-corrected chi connectivity index (χ3v) is 4.27. The Balaban J connectivity index is 2.06. The zero-order chi connectivity index (χ0) is 14.9. The van der Waals surface area contributed by atoms with E-state index in [0.717, 1.165) is 18.5 Å². The first kappa shape index (κ1) is 14.8. The van der Waals surface area contributed by atoms with E-state index in [1.54, 1.807) is 6.92 Å². The third-order valence-electron chi connectivity index (χ3n) is 3.49. The highest BCUT2D eigenvalue weighted by Crippen LogP contribution is 2.40. The van der Waals surface area contributed by atoms with E-state index in [-0.39, 0.29) is 0 Å². The lowest BCUT2D eigenvalue weighted by molar-refractivity contribution is -0.147. The molecule has 1 heterocycles. The molecule has 7 heteroatoms. The smallest absolute Gasteiger partial charge is 0.329 e. The van der Waals surface area contributed by atoms with Crippen LogP contribution in [0.15, 0.2) is 5.38 Å². The molecule has 2 N–H and O–H groups in total. The number of thiazole rings is 1. The van der Waals surface area contributed by atoms with Crippen LogP contribution in [-0.2, 0) is 4.79 Å². The van der Waals surface area contributed by atoms with E-state index in [1.165, 1.54) is 30.1 Å². The lowest BCUT2D eigenvalue weighted by atomic mass is 10.0. The largest absolute Gasteiger partial charge is 0.480 e. The van der Waals surface area contributed by atoms with Crippen molar-refractivity contribution in [3.8, 4) is 0 Å². The summed E-state index contributed by atoms with van der Waals surface area (Å²) in [4.78, 5) is 29.1. The molecule has 1 fully saturated rings. The number of rotatable bonds is 5. The minimum absolute atomic E-state index is 0.311. The number of amides is 2. The Morgan fingerprint density at radius 2 is 2.20 bits per heavy atom. The number of aliphatic carboxylic acids is 1. The molecule has 6 nitrogen and oxygen atoms in total. The molecule has 20 heavy (non-hydrogen) atoms. The summed E-state index contributed by atoms with van der Waals surface area (Å²) in [6, 6.07) is -0.434. The lowest BCUT2D eigenvalue weighted by Gasteiger charge is -2.33. The molecule has 1 aromatic heterocycles. The predicted molar refractivity (Wildman–Crippen MR) is 77.2 cm³/mol. The molecule has 1 saturated carbocycles. The number of carboxylic acids is 1. The van der Waals surface area contributed by atoms with Crippen molar-refractivity contribution in [3.05, 3.63) is 11.1 Å². The number of carboxylic acid groups (broad SMARTS) is 1. The van der Waals surface area contributed by atoms with Crippen molar-refractivity contribution in [2.75, 3.05) is 11.9 Å². The normalized spacial score (nSPS) is 14.9. The Hall–Kier alpha value is -1.63. The quantitative estimate of drug-likeness (QED) is 0.875. The van der Waals surface area contributed by atoms with E-state index in [0.29, 0.717) is 17.6 Å². The number of carbonyl (C=O) groups excluding carboxylic acids is 1. The number of hydrogen-bond acceptors (Lipinski definition) is 4. The van der Waals surface area contributed by atoms with Crippen molar-refractivity contribution in [2.45, 2.75) is 45.1 Å². The summed E-state index contributed by atoms with van der Waals surface area (Å²) in [6.07, 6.45) is 2.31. The van der Waals surface area contributed by atoms with Crippen molar-refractivity contribution in [1.82, 2.24) is 9.88 Å². The first-order valence-electron chi connectivity index (χ1n) is 6.63. The van der Waals surface area contributed by atoms with Gasteiger partial charge in [-0.25, -0.2) is 14.6 Å². The van der Waals surface area contributed by atoms with Crippen LogP contribution in [0.4, 0.5) is 9.93 Å². The van der Waals surface area contributed by atoms with Crippen LogP contribution < -0.4 is 5.32 Å². The second-order valence-electron chi connectivity index (χ2n) is 5.39. The molecule has 0 atom stereocenters. The third kappa shape index (κ3) is 2.92. The van der Waals surface area contributed by atoms with E-state index in [1.807, 2.05) is 5.38 Å². The van der Waals surface area contributed by atoms with Crippen molar-refractivity contribution in [3.63, 3.8) is 0 Å². The second-order valence-corrected chi connectivity index (χ2v) is 6.25. The molecule has 1 aliphatic carbocycles. The number of aromatic nitrogens is 1. The van der Waals surface area contributed by atoms with Crippen LogP contribution in [-0.4, -0.2) is 39.1 Å². The van der Waals surface area contributed by atoms with Gasteiger partial charge in [0.2, 0.25) is 0 Å². The van der Waals surface area contributed by atoms with E-state index in [2.05, 4.69) is 10.3 Å². The maximum absolute atomic E-state index is 12.2. The van der Waals surface area contributed by atoms with Gasteiger partial charge < -0.3 is 10.0 Å². The molecule has 1 aliphatic rings. The summed E-state index contributed by atoms with van der Waals surface area (Å²) in [5.41, 5.74) is -0.235. The van der Waals surface area contributed by atoms with Gasteiger partial charge in [0.05, 0.1) is 5.69 Å². The number of nitrogens with zero attached hydrogens (tertiary/aromatic N) is 2. The zero-order valence-electron chi connectivity index (χ0n) is 11.8. The molecule has 0 aliphatic heterocycles. The molecule has 1 aromatic rings. The summed E-state index contributed by atoms with van der Waals surface area (Å²) < 4.78 is 0. The van der Waals surface area contributed by atoms with Crippen molar-refractivity contribution >= 4 is 28.5 Å². The molecular formula is C13H19N3O3S. The Bertz CT molecular complexity index is 523. The molecule has 0 radical (unpaired) electrons. The van der Waals surface area contributed by atoms with Crippen LogP contribution in [0.1, 0.15) is 45.2 Å². The molecule has 0 aromatic carbocycles. The number of nitrogens with one attached hydrogen (secondary N) is 1. The first-order chi connectivity index (χ1) is 9.36. The number of hydrogen-bond donors (Lipinski definition) is 2. The summed E-state index contributed by atoms with van der Waals surface area (Å²) in [5.74, 6) is -0.498. The number of anilines is 1. The average molecular weight is 297 g/mol. The van der Waals surface area contributed by atoms with Crippen LogP contribution >= 0.6 is 11.3 Å². The monoisotopic (exact) mass is 297 g/mol. The van der Waals surface area contributed by atoms with E-state index < -0.39 is 17.5 Å². The topological polar surface area (TPSA) is 82.5 Å². The highest BCUT2D eigenvalue weighted by Gasteiger charge is 2.37. The van der Waals surface area contributed by atoms with Crippen LogP contribution in [0.3, 0.4) is 0 Å². The van der Waals surface area contributed by atoms with Crippen molar-refractivity contribution in [1.29, 1.82) is 0 Å². The van der Waals surface area contributed by atoms with Crippen LogP contribution in [0.25, 0.3) is 0 Å². The van der Waals surface area contributed by atoms with Gasteiger partial charge in [-0.15, -0.1) is 11.3 Å². The van der Waals surface area contributed by atoms with Gasteiger partial charge in [0.15, 0.2) is 5.13 Å². The van der Waals surface area contributed by atoms with Gasteiger partial charge >= 0.3 is 12.0 Å². The van der Waals surface area contributed by atoms with Crippen molar-refractivity contribution in [2.24, 2.45) is 0 Å². The fourth-order valence-corrected chi connectivity index (χ4v) is 2.76. The van der Waals surface area contributed by atoms with Gasteiger partial charge in [0.25, 0.3) is 0 Å². The van der Waals surface area contributed by atoms with E-state index in [9.17, 15) is 14.7 Å². The van der Waals surface area contributed by atoms with Gasteiger partial charge in [-0.2, -0.15) is 0 Å². The molecular weight excluding hydrogens is 278 g/mol. The van der Waals surface area contributed by atoms with Gasteiger partial charge in [0, 0.05) is 17.8 Å². The van der Waals surface area contributed by atoms with Gasteiger partial charge in [-0.05, 0) is 33.6 Å². The zero-order valence-corrected chi connectivity index (χ0v) is 12.7. The first-order valence-corrected chi connectivity index (χ1v) is 7.51. The molecule has 2 rings (SSSR count). The maximum atomic E-state index is 12.2. The Kier molecular flexibility index (Phi) is 3.99. The lowest BCUT2D eigenvalue weighted by Crippen LogP contribution is -2.54. The Labute approximate surface area is 121 Å². The van der Waals surface area contributed by atoms with E-state index >= 15 is 0 Å². The highest BCUT2D eigenvalue weighted by molar-refractivity contribution is 7.13. The molecule has 0 spiro atoms. The minimum atomic E-state index is -1.25. The summed E-state index contributed by atoms with van der Waals surface area (Å²) in [5, 5.41) is 14.4. The molecule has 0 saturated heterocycles. The molecule has 110 valence electrons. The minimum Gasteiger partial charge on any atom is -0.480 e. The molecule has 0 bridgehead atoms. The Morgan fingerprint density at radius 1 is 1.55 bits per heavy atom. The van der Waals surface area contributed by atoms with E-state index in [4.69, 9.17) is 0 Å². The van der Waals surface area contributed by atoms with Gasteiger partial charge in [0.1, 0.15) is 5.54 Å². The number of urea groups is 1. The Morgan fingerprint density at radius 3 is 2.70 bits per heavy atom. The highest BCUT2D eigenvalue weighted by atomic mass is 32.1. The van der Waals surface area contributed by atoms with Gasteiger partial charge in [-0.1, -0.05) is 0 Å². The SMILES string of the molecule is CCN(C(=O)Nc1nc(C2CC2)cs1)C(C)(C)C(=O)O. The number of carbonyl (C=O) groups is 2. The van der Waals surface area contributed by atoms with Crippen LogP contribution in [0.2, 0.25) is 0 Å². The van der Waals surface area contributed by atoms with Crippen molar-refractivity contribution < 1.29 is 14.7 Å².